The van der Waals surface area contributed by atoms with Gasteiger partial charge in [-0.05, 0) is 31.1 Å². The Balaban J connectivity index is 2.29. The number of hydrogen-bond acceptors (Lipinski definition) is 4. The molecule has 6 nitrogen and oxygen atoms in total. The van der Waals surface area contributed by atoms with Gasteiger partial charge in [-0.1, -0.05) is 60.7 Å². The summed E-state index contributed by atoms with van der Waals surface area (Å²) in [7, 11) is 0. The van der Waals surface area contributed by atoms with Crippen molar-refractivity contribution < 1.29 is 9.47 Å². The first-order valence-corrected chi connectivity index (χ1v) is 9.56. The predicted molar refractivity (Wildman–Crippen MR) is 113 cm³/mol. The summed E-state index contributed by atoms with van der Waals surface area (Å²) in [6.07, 6.45) is 0.850. The Morgan fingerprint density at radius 1 is 0.862 bits per heavy atom. The molecule has 2 aromatic carbocycles. The van der Waals surface area contributed by atoms with Crippen LogP contribution < -0.4 is 21.8 Å². The zero-order valence-electron chi connectivity index (χ0n) is 16.5. The molecule has 0 fully saturated rings. The summed E-state index contributed by atoms with van der Waals surface area (Å²) < 4.78 is 11.5. The van der Waals surface area contributed by atoms with Gasteiger partial charge < -0.3 is 19.4 Å². The minimum atomic E-state index is -0.784. The van der Waals surface area contributed by atoms with Crippen molar-refractivity contribution in [2.45, 2.75) is 20.1 Å². The second kappa shape index (κ2) is 9.82. The van der Waals surface area contributed by atoms with Crippen molar-refractivity contribution in [1.29, 1.82) is 0 Å². The van der Waals surface area contributed by atoms with Crippen molar-refractivity contribution in [1.82, 2.24) is 9.97 Å². The molecular weight excluding hydrogens is 368 g/mol. The van der Waals surface area contributed by atoms with Gasteiger partial charge in [-0.25, -0.2) is 0 Å². The standard InChI is InChI=1S/C23H24N2O4/c1-3-28-23(29-4-2)19(17-13-9-6-10-14-17)20-22(27)24-18(21(26)25-20)15-16-11-7-5-8-12-16/h5-15,23H,3-4H2,1-2H3,(H,24,27)(H,25,26). The van der Waals surface area contributed by atoms with Crippen molar-refractivity contribution >= 4 is 11.6 Å². The Hall–Kier alpha value is -3.22. The SMILES string of the molecule is CCOC(OCC)C(c1ccccc1)=c1[nH]c(=O)c(=Cc2ccccc2)[nH]c1=O. The third kappa shape index (κ3) is 4.99. The van der Waals surface area contributed by atoms with Crippen LogP contribution in [0.15, 0.2) is 70.3 Å². The zero-order chi connectivity index (χ0) is 20.6. The number of benzene rings is 2. The number of aromatic amines is 2. The van der Waals surface area contributed by atoms with E-state index in [-0.39, 0.29) is 10.7 Å². The van der Waals surface area contributed by atoms with Crippen LogP contribution in [0.2, 0.25) is 0 Å². The minimum Gasteiger partial charge on any atom is -0.349 e. The van der Waals surface area contributed by atoms with Gasteiger partial charge in [-0.3, -0.25) is 9.59 Å². The highest BCUT2D eigenvalue weighted by Gasteiger charge is 2.19. The Morgan fingerprint density at radius 2 is 1.45 bits per heavy atom. The van der Waals surface area contributed by atoms with Gasteiger partial charge in [0.1, 0.15) is 10.7 Å². The lowest BCUT2D eigenvalue weighted by atomic mass is 10.0. The van der Waals surface area contributed by atoms with Crippen LogP contribution in [0, 0.1) is 0 Å². The van der Waals surface area contributed by atoms with Gasteiger partial charge in [0.2, 0.25) is 0 Å². The first kappa shape index (κ1) is 20.5. The topological polar surface area (TPSA) is 84.2 Å². The molecule has 3 aromatic rings. The van der Waals surface area contributed by atoms with Crippen molar-refractivity contribution in [3.63, 3.8) is 0 Å². The fourth-order valence-corrected chi connectivity index (χ4v) is 3.02. The molecular formula is C23H24N2O4. The molecule has 2 N–H and O–H groups in total. The summed E-state index contributed by atoms with van der Waals surface area (Å²) >= 11 is 0. The molecule has 0 unspecified atom stereocenters. The number of aromatic nitrogens is 2. The van der Waals surface area contributed by atoms with Crippen LogP contribution in [0.5, 0.6) is 0 Å². The van der Waals surface area contributed by atoms with Gasteiger partial charge in [0, 0.05) is 18.8 Å². The van der Waals surface area contributed by atoms with Gasteiger partial charge in [0.25, 0.3) is 11.1 Å². The molecule has 0 bridgehead atoms. The number of hydrogen-bond donors (Lipinski definition) is 2. The van der Waals surface area contributed by atoms with E-state index >= 15 is 0 Å². The van der Waals surface area contributed by atoms with Crippen LogP contribution in [0.1, 0.15) is 25.0 Å². The van der Waals surface area contributed by atoms with Crippen LogP contribution in [-0.2, 0) is 9.47 Å². The monoisotopic (exact) mass is 392 g/mol. The summed E-state index contributed by atoms with van der Waals surface area (Å²) in [5.74, 6) is 0. The first-order valence-electron chi connectivity index (χ1n) is 9.56. The van der Waals surface area contributed by atoms with Gasteiger partial charge in [-0.2, -0.15) is 0 Å². The lowest BCUT2D eigenvalue weighted by Gasteiger charge is -2.20. The van der Waals surface area contributed by atoms with E-state index in [1.165, 1.54) is 0 Å². The molecule has 0 aliphatic carbocycles. The maximum absolute atomic E-state index is 12.9. The van der Waals surface area contributed by atoms with E-state index in [9.17, 15) is 9.59 Å². The van der Waals surface area contributed by atoms with E-state index in [1.54, 1.807) is 6.08 Å². The molecule has 3 rings (SSSR count). The average molecular weight is 392 g/mol. The van der Waals surface area contributed by atoms with Crippen molar-refractivity contribution in [3.8, 4) is 0 Å². The smallest absolute Gasteiger partial charge is 0.272 e. The fraction of sp³-hybridized carbons (Fsp3) is 0.217. The number of H-pyrrole nitrogens is 2. The molecule has 0 saturated carbocycles. The summed E-state index contributed by atoms with van der Waals surface area (Å²) in [5, 5.41) is 0.306. The Bertz CT molecular complexity index is 1160. The average Bonchev–Trinajstić information content (AvgIpc) is 2.73. The predicted octanol–water partition coefficient (Wildman–Crippen LogP) is 1.49. The highest BCUT2D eigenvalue weighted by Crippen LogP contribution is 2.18. The fourth-order valence-electron chi connectivity index (χ4n) is 3.02. The molecule has 0 spiro atoms. The molecule has 0 aliphatic rings. The molecule has 0 radical (unpaired) electrons. The second-order valence-electron chi connectivity index (χ2n) is 6.27. The van der Waals surface area contributed by atoms with Gasteiger partial charge >= 0.3 is 0 Å². The Labute approximate surface area is 168 Å². The zero-order valence-corrected chi connectivity index (χ0v) is 16.5. The number of ether oxygens (including phenoxy) is 2. The maximum Gasteiger partial charge on any atom is 0.272 e. The lowest BCUT2D eigenvalue weighted by molar-refractivity contribution is -0.0969. The van der Waals surface area contributed by atoms with E-state index < -0.39 is 17.4 Å². The number of rotatable bonds is 7. The van der Waals surface area contributed by atoms with Crippen LogP contribution in [-0.4, -0.2) is 29.5 Å². The van der Waals surface area contributed by atoms with Crippen LogP contribution in [0.25, 0.3) is 11.6 Å². The molecule has 0 saturated heterocycles. The third-order valence-electron chi connectivity index (χ3n) is 4.29. The highest BCUT2D eigenvalue weighted by atomic mass is 16.7. The maximum atomic E-state index is 12.9. The van der Waals surface area contributed by atoms with E-state index in [0.717, 1.165) is 11.1 Å². The van der Waals surface area contributed by atoms with Gasteiger partial charge in [0.15, 0.2) is 6.29 Å². The van der Waals surface area contributed by atoms with E-state index in [1.807, 2.05) is 74.5 Å². The molecule has 0 aliphatic heterocycles. The van der Waals surface area contributed by atoms with Crippen molar-refractivity contribution in [3.05, 3.63) is 103 Å². The molecule has 0 amide bonds. The molecule has 1 aromatic heterocycles. The second-order valence-corrected chi connectivity index (χ2v) is 6.27. The van der Waals surface area contributed by atoms with Crippen LogP contribution in [0.3, 0.4) is 0 Å². The summed E-state index contributed by atoms with van der Waals surface area (Å²) in [6.45, 7) is 4.48. The largest absolute Gasteiger partial charge is 0.349 e. The van der Waals surface area contributed by atoms with Crippen LogP contribution in [0.4, 0.5) is 0 Å². The molecule has 150 valence electrons. The molecule has 6 heteroatoms. The van der Waals surface area contributed by atoms with E-state index in [2.05, 4.69) is 9.97 Å². The first-order chi connectivity index (χ1) is 14.1. The van der Waals surface area contributed by atoms with Crippen LogP contribution >= 0.6 is 0 Å². The van der Waals surface area contributed by atoms with Crippen molar-refractivity contribution in [2.75, 3.05) is 13.2 Å². The molecule has 29 heavy (non-hydrogen) atoms. The van der Waals surface area contributed by atoms with Crippen molar-refractivity contribution in [2.24, 2.45) is 0 Å². The van der Waals surface area contributed by atoms with E-state index in [0.29, 0.717) is 18.8 Å². The normalized spacial score (nSPS) is 13.0. The lowest BCUT2D eigenvalue weighted by Crippen LogP contribution is -2.49. The molecule has 1 heterocycles. The highest BCUT2D eigenvalue weighted by molar-refractivity contribution is 5.66. The summed E-state index contributed by atoms with van der Waals surface area (Å²) in [4.78, 5) is 31.1. The molecule has 0 atom stereocenters. The number of nitrogens with one attached hydrogen (secondary N) is 2. The minimum absolute atomic E-state index is 0.123. The Kier molecular flexibility index (Phi) is 6.94. The third-order valence-corrected chi connectivity index (χ3v) is 4.29. The summed E-state index contributed by atoms with van der Waals surface area (Å²) in [5.41, 5.74) is 1.22. The summed E-state index contributed by atoms with van der Waals surface area (Å²) in [6, 6.07) is 18.6. The van der Waals surface area contributed by atoms with Gasteiger partial charge in [0.05, 0.1) is 0 Å². The quantitative estimate of drug-likeness (QED) is 0.597. The Morgan fingerprint density at radius 3 is 2.03 bits per heavy atom. The van der Waals surface area contributed by atoms with E-state index in [4.69, 9.17) is 9.47 Å². The van der Waals surface area contributed by atoms with Gasteiger partial charge in [-0.15, -0.1) is 0 Å².